The van der Waals surface area contributed by atoms with E-state index in [0.29, 0.717) is 0 Å². The Morgan fingerprint density at radius 3 is 2.43 bits per heavy atom. The van der Waals surface area contributed by atoms with Crippen molar-refractivity contribution in [2.45, 2.75) is 20.8 Å². The molecule has 2 heterocycles. The topological polar surface area (TPSA) is 43.6 Å². The van der Waals surface area contributed by atoms with Gasteiger partial charge in [-0.3, -0.25) is 4.98 Å². The minimum atomic E-state index is 0.774. The van der Waals surface area contributed by atoms with Crippen molar-refractivity contribution in [2.75, 3.05) is 0 Å². The average Bonchev–Trinajstić information content (AvgIpc) is 2.45. The second-order valence-electron chi connectivity index (χ2n) is 3.36. The van der Waals surface area contributed by atoms with Gasteiger partial charge in [0.2, 0.25) is 0 Å². The van der Waals surface area contributed by atoms with Gasteiger partial charge in [0.15, 0.2) is 5.82 Å². The molecule has 2 rings (SSSR count). The summed E-state index contributed by atoms with van der Waals surface area (Å²) in [6.45, 7) is 5.89. The third-order valence-corrected chi connectivity index (χ3v) is 1.97. The molecule has 0 fully saturated rings. The smallest absolute Gasteiger partial charge is 0.172 e. The first kappa shape index (κ1) is 8.87. The van der Waals surface area contributed by atoms with Gasteiger partial charge in [-0.05, 0) is 26.8 Å². The van der Waals surface area contributed by atoms with E-state index in [9.17, 15) is 0 Å². The van der Waals surface area contributed by atoms with E-state index >= 15 is 0 Å². The molecule has 0 aliphatic heterocycles. The van der Waals surface area contributed by atoms with Gasteiger partial charge in [0.05, 0.1) is 17.6 Å². The van der Waals surface area contributed by atoms with Crippen LogP contribution in [0, 0.1) is 20.8 Å². The highest BCUT2D eigenvalue weighted by atomic mass is 15.3. The van der Waals surface area contributed by atoms with E-state index < -0.39 is 0 Å². The lowest BCUT2D eigenvalue weighted by molar-refractivity contribution is 0.793. The monoisotopic (exact) mass is 188 g/mol. The summed E-state index contributed by atoms with van der Waals surface area (Å²) in [6.07, 6.45) is 3.45. The molecule has 2 aromatic heterocycles. The first-order valence-corrected chi connectivity index (χ1v) is 4.49. The molecular formula is C10H12N4. The van der Waals surface area contributed by atoms with Crippen molar-refractivity contribution in [1.29, 1.82) is 0 Å². The van der Waals surface area contributed by atoms with E-state index in [0.717, 1.165) is 22.9 Å². The molecule has 14 heavy (non-hydrogen) atoms. The fourth-order valence-corrected chi connectivity index (χ4v) is 1.41. The van der Waals surface area contributed by atoms with Gasteiger partial charge in [0, 0.05) is 11.9 Å². The Kier molecular flexibility index (Phi) is 2.04. The van der Waals surface area contributed by atoms with E-state index in [-0.39, 0.29) is 0 Å². The van der Waals surface area contributed by atoms with Crippen molar-refractivity contribution >= 4 is 0 Å². The van der Waals surface area contributed by atoms with E-state index in [2.05, 4.69) is 15.1 Å². The second kappa shape index (κ2) is 3.21. The van der Waals surface area contributed by atoms with Crippen LogP contribution in [0.15, 0.2) is 18.5 Å². The molecule has 0 spiro atoms. The highest BCUT2D eigenvalue weighted by Crippen LogP contribution is 2.08. The maximum atomic E-state index is 4.36. The predicted molar refractivity (Wildman–Crippen MR) is 53.4 cm³/mol. The maximum Gasteiger partial charge on any atom is 0.172 e. The summed E-state index contributed by atoms with van der Waals surface area (Å²) in [5, 5.41) is 4.34. The van der Waals surface area contributed by atoms with Crippen LogP contribution in [0.1, 0.15) is 17.1 Å². The van der Waals surface area contributed by atoms with Crippen molar-refractivity contribution in [3.8, 4) is 5.82 Å². The number of rotatable bonds is 1. The number of hydrogen-bond donors (Lipinski definition) is 0. The number of hydrogen-bond acceptors (Lipinski definition) is 3. The van der Waals surface area contributed by atoms with E-state index in [1.54, 1.807) is 17.1 Å². The predicted octanol–water partition coefficient (Wildman–Crippen LogP) is 1.59. The lowest BCUT2D eigenvalue weighted by Gasteiger charge is -2.02. The zero-order chi connectivity index (χ0) is 10.1. The van der Waals surface area contributed by atoms with Crippen LogP contribution in [-0.2, 0) is 0 Å². The zero-order valence-corrected chi connectivity index (χ0v) is 8.52. The van der Waals surface area contributed by atoms with Gasteiger partial charge < -0.3 is 0 Å². The molecule has 2 aromatic rings. The fraction of sp³-hybridized carbons (Fsp3) is 0.300. The zero-order valence-electron chi connectivity index (χ0n) is 8.52. The van der Waals surface area contributed by atoms with Crippen molar-refractivity contribution < 1.29 is 0 Å². The van der Waals surface area contributed by atoms with Crippen LogP contribution in [0.5, 0.6) is 0 Å². The van der Waals surface area contributed by atoms with Gasteiger partial charge in [-0.25, -0.2) is 9.67 Å². The molecule has 4 nitrogen and oxygen atoms in total. The third-order valence-electron chi connectivity index (χ3n) is 1.97. The minimum Gasteiger partial charge on any atom is -0.259 e. The molecule has 0 saturated carbocycles. The van der Waals surface area contributed by atoms with Gasteiger partial charge >= 0.3 is 0 Å². The molecule has 0 amide bonds. The van der Waals surface area contributed by atoms with Crippen LogP contribution in [0.3, 0.4) is 0 Å². The molecule has 0 unspecified atom stereocenters. The molecule has 0 saturated heterocycles. The van der Waals surface area contributed by atoms with Gasteiger partial charge in [-0.1, -0.05) is 0 Å². The minimum absolute atomic E-state index is 0.774. The normalized spacial score (nSPS) is 10.5. The Morgan fingerprint density at radius 1 is 1.07 bits per heavy atom. The molecule has 4 heteroatoms. The molecule has 0 bridgehead atoms. The quantitative estimate of drug-likeness (QED) is 0.682. The van der Waals surface area contributed by atoms with Crippen molar-refractivity contribution in [1.82, 2.24) is 19.7 Å². The van der Waals surface area contributed by atoms with E-state index in [4.69, 9.17) is 0 Å². The van der Waals surface area contributed by atoms with Crippen molar-refractivity contribution in [3.05, 3.63) is 35.5 Å². The van der Waals surface area contributed by atoms with E-state index in [1.807, 2.05) is 26.8 Å². The van der Waals surface area contributed by atoms with Gasteiger partial charge in [-0.15, -0.1) is 0 Å². The standard InChI is InChI=1S/C10H12N4/c1-7-4-9(3)14(13-7)10-6-11-5-8(2)12-10/h4-6H,1-3H3. The molecule has 0 N–H and O–H groups in total. The first-order chi connectivity index (χ1) is 6.66. The van der Waals surface area contributed by atoms with Crippen LogP contribution in [-0.4, -0.2) is 19.7 Å². The van der Waals surface area contributed by atoms with Crippen LogP contribution in [0.25, 0.3) is 5.82 Å². The Hall–Kier alpha value is -1.71. The largest absolute Gasteiger partial charge is 0.259 e. The summed E-state index contributed by atoms with van der Waals surface area (Å²) in [6, 6.07) is 2.02. The molecule has 72 valence electrons. The molecular weight excluding hydrogens is 176 g/mol. The molecule has 0 radical (unpaired) electrons. The highest BCUT2D eigenvalue weighted by Gasteiger charge is 2.04. The Labute approximate surface area is 82.6 Å². The van der Waals surface area contributed by atoms with Crippen LogP contribution in [0.2, 0.25) is 0 Å². The molecule has 0 aliphatic rings. The first-order valence-electron chi connectivity index (χ1n) is 4.49. The second-order valence-corrected chi connectivity index (χ2v) is 3.36. The number of aromatic nitrogens is 4. The SMILES string of the molecule is Cc1cncc(-n2nc(C)cc2C)n1. The molecule has 0 aliphatic carbocycles. The van der Waals surface area contributed by atoms with Crippen LogP contribution < -0.4 is 0 Å². The third kappa shape index (κ3) is 1.51. The fourth-order valence-electron chi connectivity index (χ4n) is 1.41. The van der Waals surface area contributed by atoms with Crippen molar-refractivity contribution in [3.63, 3.8) is 0 Å². The average molecular weight is 188 g/mol. The molecule has 0 aromatic carbocycles. The van der Waals surface area contributed by atoms with Crippen LogP contribution in [0.4, 0.5) is 0 Å². The van der Waals surface area contributed by atoms with Crippen molar-refractivity contribution in [2.24, 2.45) is 0 Å². The van der Waals surface area contributed by atoms with Gasteiger partial charge in [0.25, 0.3) is 0 Å². The lowest BCUT2D eigenvalue weighted by atomic mass is 10.4. The molecule has 0 atom stereocenters. The summed E-state index contributed by atoms with van der Waals surface area (Å²) in [5.74, 6) is 0.774. The number of nitrogens with zero attached hydrogens (tertiary/aromatic N) is 4. The van der Waals surface area contributed by atoms with Gasteiger partial charge in [0.1, 0.15) is 0 Å². The highest BCUT2D eigenvalue weighted by molar-refractivity contribution is 5.23. The summed E-state index contributed by atoms with van der Waals surface area (Å²) in [5.41, 5.74) is 2.96. The van der Waals surface area contributed by atoms with E-state index in [1.165, 1.54) is 0 Å². The summed E-state index contributed by atoms with van der Waals surface area (Å²) in [7, 11) is 0. The lowest BCUT2D eigenvalue weighted by Crippen LogP contribution is -2.03. The van der Waals surface area contributed by atoms with Gasteiger partial charge in [-0.2, -0.15) is 5.10 Å². The number of aryl methyl sites for hydroxylation is 3. The summed E-state index contributed by atoms with van der Waals surface area (Å²) < 4.78 is 1.80. The Balaban J connectivity index is 2.54. The maximum absolute atomic E-state index is 4.36. The van der Waals surface area contributed by atoms with Crippen LogP contribution >= 0.6 is 0 Å². The summed E-state index contributed by atoms with van der Waals surface area (Å²) in [4.78, 5) is 8.44. The Morgan fingerprint density at radius 2 is 1.86 bits per heavy atom. The summed E-state index contributed by atoms with van der Waals surface area (Å²) >= 11 is 0. The Bertz CT molecular complexity index is 459.